The first-order chi connectivity index (χ1) is 14.1. The lowest BCUT2D eigenvalue weighted by molar-refractivity contribution is 0.0699. The monoisotopic (exact) mass is 407 g/mol. The summed E-state index contributed by atoms with van der Waals surface area (Å²) in [7, 11) is 0. The summed E-state index contributed by atoms with van der Waals surface area (Å²) in [5, 5.41) is 15.2. The topological polar surface area (TPSA) is 86.5 Å². The first-order valence-electron chi connectivity index (χ1n) is 8.83. The van der Waals surface area contributed by atoms with Gasteiger partial charge in [0, 0.05) is 10.6 Å². The minimum absolute atomic E-state index is 0.144. The molecule has 2 aromatic heterocycles. The molecule has 0 radical (unpaired) electrons. The average Bonchev–Trinajstić information content (AvgIpc) is 3.35. The lowest BCUT2D eigenvalue weighted by atomic mass is 10.1. The molecule has 0 bridgehead atoms. The number of benzene rings is 2. The quantitative estimate of drug-likeness (QED) is 0.545. The summed E-state index contributed by atoms with van der Waals surface area (Å²) in [4.78, 5) is 16.6. The fourth-order valence-electron chi connectivity index (χ4n) is 3.31. The number of hydrogen-bond acceptors (Lipinski definition) is 5. The summed E-state index contributed by atoms with van der Waals surface area (Å²) < 4.78 is 12.5. The molecule has 29 heavy (non-hydrogen) atoms. The number of aromatic nitrogens is 3. The van der Waals surface area contributed by atoms with Gasteiger partial charge in [0.1, 0.15) is 0 Å². The van der Waals surface area contributed by atoms with E-state index in [1.54, 1.807) is 35.0 Å². The van der Waals surface area contributed by atoms with Gasteiger partial charge in [0.05, 0.1) is 29.4 Å². The van der Waals surface area contributed by atoms with E-state index >= 15 is 0 Å². The van der Waals surface area contributed by atoms with E-state index in [9.17, 15) is 9.90 Å². The molecule has 1 aliphatic rings. The van der Waals surface area contributed by atoms with Crippen molar-refractivity contribution in [3.8, 4) is 22.8 Å². The van der Waals surface area contributed by atoms with Gasteiger partial charge in [-0.05, 0) is 42.0 Å². The molecule has 4 aromatic rings. The Morgan fingerprint density at radius 2 is 1.90 bits per heavy atom. The van der Waals surface area contributed by atoms with Crippen molar-refractivity contribution in [1.29, 1.82) is 0 Å². The highest BCUT2D eigenvalue weighted by molar-refractivity contribution is 6.30. The summed E-state index contributed by atoms with van der Waals surface area (Å²) in [5.41, 5.74) is 2.87. The third-order valence-corrected chi connectivity index (χ3v) is 5.01. The number of ether oxygens (including phenoxy) is 2. The summed E-state index contributed by atoms with van der Waals surface area (Å²) in [6.07, 6.45) is 1.53. The van der Waals surface area contributed by atoms with Crippen molar-refractivity contribution < 1.29 is 19.4 Å². The third kappa shape index (κ3) is 3.15. The van der Waals surface area contributed by atoms with Crippen LogP contribution in [0.4, 0.5) is 0 Å². The molecule has 0 saturated carbocycles. The predicted molar refractivity (Wildman–Crippen MR) is 107 cm³/mol. The van der Waals surface area contributed by atoms with Gasteiger partial charge >= 0.3 is 5.97 Å². The Morgan fingerprint density at radius 3 is 2.69 bits per heavy atom. The molecule has 0 amide bonds. The van der Waals surface area contributed by atoms with Gasteiger partial charge in [-0.1, -0.05) is 23.7 Å². The van der Waals surface area contributed by atoms with Crippen LogP contribution in [-0.4, -0.2) is 32.6 Å². The van der Waals surface area contributed by atoms with E-state index in [0.717, 1.165) is 11.1 Å². The Morgan fingerprint density at radius 1 is 1.10 bits per heavy atom. The lowest BCUT2D eigenvalue weighted by Gasteiger charge is -2.08. The third-order valence-electron chi connectivity index (χ3n) is 4.75. The van der Waals surface area contributed by atoms with Crippen LogP contribution in [0.3, 0.4) is 0 Å². The minimum Gasteiger partial charge on any atom is -0.478 e. The molecule has 3 heterocycles. The van der Waals surface area contributed by atoms with Crippen molar-refractivity contribution in [3.63, 3.8) is 0 Å². The van der Waals surface area contributed by atoms with Gasteiger partial charge in [-0.3, -0.25) is 0 Å². The Labute approximate surface area is 170 Å². The Balaban J connectivity index is 1.63. The number of rotatable bonds is 4. The van der Waals surface area contributed by atoms with Crippen molar-refractivity contribution >= 4 is 28.6 Å². The van der Waals surface area contributed by atoms with E-state index in [4.69, 9.17) is 26.1 Å². The van der Waals surface area contributed by atoms with Crippen LogP contribution in [-0.2, 0) is 6.54 Å². The second kappa shape index (κ2) is 6.79. The van der Waals surface area contributed by atoms with Gasteiger partial charge in [0.2, 0.25) is 6.79 Å². The molecule has 0 fully saturated rings. The molecular formula is C21H14ClN3O4. The molecule has 1 aliphatic heterocycles. The molecule has 0 saturated heterocycles. The second-order valence-corrected chi connectivity index (χ2v) is 7.03. The zero-order chi connectivity index (χ0) is 20.0. The maximum atomic E-state index is 11.9. The van der Waals surface area contributed by atoms with E-state index < -0.39 is 5.97 Å². The lowest BCUT2D eigenvalue weighted by Crippen LogP contribution is -2.05. The Bertz CT molecular complexity index is 1250. The zero-order valence-corrected chi connectivity index (χ0v) is 15.8. The largest absolute Gasteiger partial charge is 0.478 e. The Hall–Kier alpha value is -3.58. The molecule has 7 nitrogen and oxygen atoms in total. The van der Waals surface area contributed by atoms with Gasteiger partial charge in [0.15, 0.2) is 17.1 Å². The Kier molecular flexibility index (Phi) is 4.10. The fourth-order valence-corrected chi connectivity index (χ4v) is 3.43. The smallest absolute Gasteiger partial charge is 0.336 e. The molecule has 0 unspecified atom stereocenters. The number of carboxylic acids is 1. The molecule has 1 N–H and O–H groups in total. The van der Waals surface area contributed by atoms with Crippen molar-refractivity contribution in [2.45, 2.75) is 6.54 Å². The van der Waals surface area contributed by atoms with E-state index in [0.29, 0.717) is 39.8 Å². The standard InChI is InChI=1S/C21H14ClN3O4/c22-14-4-1-12(2-5-14)10-25-20-16(9-23-25)15(21(26)27)8-17(24-20)13-3-6-18-19(7-13)29-11-28-18/h1-9H,10-11H2,(H,26,27). The molecule has 0 atom stereocenters. The van der Waals surface area contributed by atoms with Gasteiger partial charge in [0.25, 0.3) is 0 Å². The second-order valence-electron chi connectivity index (χ2n) is 6.59. The number of aromatic carboxylic acids is 1. The summed E-state index contributed by atoms with van der Waals surface area (Å²) in [6, 6.07) is 14.4. The van der Waals surface area contributed by atoms with Gasteiger partial charge in [-0.2, -0.15) is 5.10 Å². The number of halogens is 1. The first-order valence-corrected chi connectivity index (χ1v) is 9.20. The first kappa shape index (κ1) is 17.5. The predicted octanol–water partition coefficient (Wildman–Crippen LogP) is 4.23. The number of pyridine rings is 1. The van der Waals surface area contributed by atoms with Crippen molar-refractivity contribution in [2.75, 3.05) is 6.79 Å². The summed E-state index contributed by atoms with van der Waals surface area (Å²) in [6.45, 7) is 0.608. The van der Waals surface area contributed by atoms with Crippen LogP contribution in [0.2, 0.25) is 5.02 Å². The van der Waals surface area contributed by atoms with Crippen molar-refractivity contribution in [1.82, 2.24) is 14.8 Å². The van der Waals surface area contributed by atoms with E-state index in [2.05, 4.69) is 5.10 Å². The number of carboxylic acid groups (broad SMARTS) is 1. The highest BCUT2D eigenvalue weighted by atomic mass is 35.5. The fraction of sp³-hybridized carbons (Fsp3) is 0.0952. The maximum absolute atomic E-state index is 11.9. The van der Waals surface area contributed by atoms with Gasteiger partial charge in [-0.25, -0.2) is 14.5 Å². The highest BCUT2D eigenvalue weighted by Crippen LogP contribution is 2.36. The van der Waals surface area contributed by atoms with Crippen molar-refractivity contribution in [3.05, 3.63) is 70.9 Å². The molecule has 0 aliphatic carbocycles. The number of hydrogen-bond donors (Lipinski definition) is 1. The van der Waals surface area contributed by atoms with Crippen LogP contribution >= 0.6 is 11.6 Å². The number of fused-ring (bicyclic) bond motifs is 2. The molecule has 8 heteroatoms. The molecule has 0 spiro atoms. The molecule has 5 rings (SSSR count). The van der Waals surface area contributed by atoms with E-state index in [1.165, 1.54) is 6.20 Å². The summed E-state index contributed by atoms with van der Waals surface area (Å²) >= 11 is 5.95. The zero-order valence-electron chi connectivity index (χ0n) is 15.0. The van der Waals surface area contributed by atoms with Crippen LogP contribution in [0.25, 0.3) is 22.3 Å². The van der Waals surface area contributed by atoms with Crippen LogP contribution in [0.15, 0.2) is 54.7 Å². The minimum atomic E-state index is -1.04. The van der Waals surface area contributed by atoms with Crippen LogP contribution in [0.1, 0.15) is 15.9 Å². The average molecular weight is 408 g/mol. The van der Waals surface area contributed by atoms with Gasteiger partial charge in [-0.15, -0.1) is 0 Å². The van der Waals surface area contributed by atoms with Crippen molar-refractivity contribution in [2.24, 2.45) is 0 Å². The van der Waals surface area contributed by atoms with Crippen LogP contribution in [0.5, 0.6) is 11.5 Å². The van der Waals surface area contributed by atoms with E-state index in [-0.39, 0.29) is 12.4 Å². The van der Waals surface area contributed by atoms with Gasteiger partial charge < -0.3 is 14.6 Å². The molecule has 144 valence electrons. The number of nitrogens with zero attached hydrogens (tertiary/aromatic N) is 3. The number of carbonyl (C=O) groups is 1. The molecule has 2 aromatic carbocycles. The van der Waals surface area contributed by atoms with Crippen LogP contribution < -0.4 is 9.47 Å². The molecular weight excluding hydrogens is 394 g/mol. The summed E-state index contributed by atoms with van der Waals surface area (Å²) in [5.74, 6) is 0.224. The maximum Gasteiger partial charge on any atom is 0.336 e. The highest BCUT2D eigenvalue weighted by Gasteiger charge is 2.19. The van der Waals surface area contributed by atoms with Crippen LogP contribution in [0, 0.1) is 0 Å². The van der Waals surface area contributed by atoms with E-state index in [1.807, 2.05) is 18.2 Å². The normalized spacial score (nSPS) is 12.4. The SMILES string of the molecule is O=C(O)c1cc(-c2ccc3c(c2)OCO3)nc2c1cnn2Cc1ccc(Cl)cc1.